The molecule has 1 aliphatic rings. The van der Waals surface area contributed by atoms with Crippen LogP contribution in [0.4, 0.5) is 4.79 Å². The summed E-state index contributed by atoms with van der Waals surface area (Å²) in [5, 5.41) is 11.4. The van der Waals surface area contributed by atoms with Gasteiger partial charge in [0.2, 0.25) is 6.04 Å². The number of hydrogen-bond donors (Lipinski definition) is 0. The van der Waals surface area contributed by atoms with Crippen molar-refractivity contribution in [1.82, 2.24) is 4.90 Å². The molecule has 120 valence electrons. The minimum atomic E-state index is -0.802. The zero-order valence-electron chi connectivity index (χ0n) is 13.2. The van der Waals surface area contributed by atoms with Crippen LogP contribution in [0.5, 0.6) is 0 Å². The molecule has 2 atom stereocenters. The summed E-state index contributed by atoms with van der Waals surface area (Å²) >= 11 is 0. The lowest BCUT2D eigenvalue weighted by molar-refractivity contribution is -0.529. The number of amides is 1. The van der Waals surface area contributed by atoms with Gasteiger partial charge in [-0.2, -0.15) is 0 Å². The van der Waals surface area contributed by atoms with Gasteiger partial charge >= 0.3 is 6.09 Å². The molecule has 1 fully saturated rings. The second kappa shape index (κ2) is 6.34. The minimum Gasteiger partial charge on any atom is -0.444 e. The molecular formula is C16H22N2O4. The van der Waals surface area contributed by atoms with Crippen LogP contribution in [-0.2, 0) is 4.74 Å². The van der Waals surface area contributed by atoms with Crippen molar-refractivity contribution >= 4 is 6.09 Å². The number of piperidine rings is 1. The zero-order chi connectivity index (χ0) is 16.3. The molecule has 1 aromatic rings. The minimum absolute atomic E-state index is 0.0848. The molecule has 0 N–H and O–H groups in total. The van der Waals surface area contributed by atoms with Crippen LogP contribution in [0.15, 0.2) is 30.3 Å². The summed E-state index contributed by atoms with van der Waals surface area (Å²) < 4.78 is 5.31. The van der Waals surface area contributed by atoms with Crippen molar-refractivity contribution in [2.75, 3.05) is 13.1 Å². The monoisotopic (exact) mass is 306 g/mol. The third kappa shape index (κ3) is 3.96. The number of nitrogens with zero attached hydrogens (tertiary/aromatic N) is 2. The average Bonchev–Trinajstić information content (AvgIpc) is 2.45. The predicted octanol–water partition coefficient (Wildman–Crippen LogP) is 3.06. The molecule has 0 bridgehead atoms. The Kier molecular flexibility index (Phi) is 4.68. The lowest BCUT2D eigenvalue weighted by atomic mass is 9.86. The van der Waals surface area contributed by atoms with Crippen LogP contribution in [-0.4, -0.2) is 40.6 Å². The van der Waals surface area contributed by atoms with Crippen molar-refractivity contribution in [3.63, 3.8) is 0 Å². The maximum absolute atomic E-state index is 12.1. The Hall–Kier alpha value is -2.11. The number of ether oxygens (including phenoxy) is 1. The van der Waals surface area contributed by atoms with Gasteiger partial charge in [-0.1, -0.05) is 30.3 Å². The Morgan fingerprint density at radius 1 is 1.32 bits per heavy atom. The highest BCUT2D eigenvalue weighted by atomic mass is 16.6. The van der Waals surface area contributed by atoms with E-state index < -0.39 is 17.7 Å². The van der Waals surface area contributed by atoms with Gasteiger partial charge < -0.3 is 9.64 Å². The van der Waals surface area contributed by atoms with E-state index in [2.05, 4.69) is 0 Å². The van der Waals surface area contributed by atoms with Crippen LogP contribution in [0.1, 0.15) is 38.7 Å². The number of carbonyl (C=O) groups excluding carboxylic acids is 1. The van der Waals surface area contributed by atoms with Gasteiger partial charge in [-0.3, -0.25) is 10.1 Å². The summed E-state index contributed by atoms with van der Waals surface area (Å²) in [6.45, 7) is 5.91. The second-order valence-electron chi connectivity index (χ2n) is 6.58. The molecule has 0 saturated carbocycles. The van der Waals surface area contributed by atoms with Crippen molar-refractivity contribution in [3.8, 4) is 0 Å². The fraction of sp³-hybridized carbons (Fsp3) is 0.562. The zero-order valence-corrected chi connectivity index (χ0v) is 13.2. The molecule has 2 rings (SSSR count). The molecule has 1 aliphatic heterocycles. The SMILES string of the molecule is CC(C)(C)OC(=O)N1CC[C@@H](c2ccccc2)[C@H]([N+](=O)[O-])C1. The van der Waals surface area contributed by atoms with Crippen molar-refractivity contribution in [3.05, 3.63) is 46.0 Å². The smallest absolute Gasteiger partial charge is 0.410 e. The van der Waals surface area contributed by atoms with E-state index in [4.69, 9.17) is 4.74 Å². The van der Waals surface area contributed by atoms with Crippen LogP contribution in [0.25, 0.3) is 0 Å². The number of rotatable bonds is 2. The summed E-state index contributed by atoms with van der Waals surface area (Å²) in [5.74, 6) is -0.171. The van der Waals surface area contributed by atoms with Gasteiger partial charge in [0.25, 0.3) is 0 Å². The predicted molar refractivity (Wildman–Crippen MR) is 82.4 cm³/mol. The van der Waals surface area contributed by atoms with E-state index in [0.717, 1.165) is 5.56 Å². The van der Waals surface area contributed by atoms with E-state index in [-0.39, 0.29) is 17.4 Å². The summed E-state index contributed by atoms with van der Waals surface area (Å²) in [6.07, 6.45) is 0.0837. The molecule has 1 amide bonds. The third-order valence-electron chi connectivity index (χ3n) is 3.73. The van der Waals surface area contributed by atoms with Crippen molar-refractivity contribution in [2.24, 2.45) is 0 Å². The maximum atomic E-state index is 12.1. The van der Waals surface area contributed by atoms with E-state index in [1.165, 1.54) is 4.90 Å². The lowest BCUT2D eigenvalue weighted by Crippen LogP contribution is -2.50. The second-order valence-corrected chi connectivity index (χ2v) is 6.58. The summed E-state index contributed by atoms with van der Waals surface area (Å²) in [5.41, 5.74) is 0.352. The lowest BCUT2D eigenvalue weighted by Gasteiger charge is -2.35. The largest absolute Gasteiger partial charge is 0.444 e. The van der Waals surface area contributed by atoms with Gasteiger partial charge in [0, 0.05) is 11.5 Å². The van der Waals surface area contributed by atoms with Crippen LogP contribution >= 0.6 is 0 Å². The Balaban J connectivity index is 2.12. The molecule has 0 aromatic heterocycles. The molecule has 0 unspecified atom stereocenters. The molecule has 0 radical (unpaired) electrons. The summed E-state index contributed by atoms with van der Waals surface area (Å²) in [6, 6.07) is 8.66. The van der Waals surface area contributed by atoms with Crippen LogP contribution in [0.2, 0.25) is 0 Å². The first-order valence-corrected chi connectivity index (χ1v) is 7.44. The molecule has 6 heteroatoms. The quantitative estimate of drug-likeness (QED) is 0.622. The van der Waals surface area contributed by atoms with E-state index in [9.17, 15) is 14.9 Å². The first-order valence-electron chi connectivity index (χ1n) is 7.44. The Labute approximate surface area is 130 Å². The molecule has 0 spiro atoms. The van der Waals surface area contributed by atoms with Crippen molar-refractivity contribution in [1.29, 1.82) is 0 Å². The Morgan fingerprint density at radius 3 is 2.50 bits per heavy atom. The molecule has 1 saturated heterocycles. The van der Waals surface area contributed by atoms with Gasteiger partial charge in [0.15, 0.2) is 0 Å². The summed E-state index contributed by atoms with van der Waals surface area (Å²) in [4.78, 5) is 24.7. The van der Waals surface area contributed by atoms with Crippen molar-refractivity contribution in [2.45, 2.75) is 44.8 Å². The van der Waals surface area contributed by atoms with Gasteiger partial charge in [-0.05, 0) is 32.8 Å². The number of likely N-dealkylation sites (tertiary alicyclic amines) is 1. The Morgan fingerprint density at radius 2 is 1.95 bits per heavy atom. The fourth-order valence-electron chi connectivity index (χ4n) is 2.73. The number of nitro groups is 1. The van der Waals surface area contributed by atoms with Crippen LogP contribution in [0.3, 0.4) is 0 Å². The van der Waals surface area contributed by atoms with Gasteiger partial charge in [0.1, 0.15) is 5.60 Å². The maximum Gasteiger partial charge on any atom is 0.410 e. The highest BCUT2D eigenvalue weighted by Gasteiger charge is 2.40. The fourth-order valence-corrected chi connectivity index (χ4v) is 2.73. The topological polar surface area (TPSA) is 72.7 Å². The first kappa shape index (κ1) is 16.3. The highest BCUT2D eigenvalue weighted by Crippen LogP contribution is 2.30. The number of benzene rings is 1. The van der Waals surface area contributed by atoms with E-state index in [0.29, 0.717) is 13.0 Å². The molecule has 1 heterocycles. The third-order valence-corrected chi connectivity index (χ3v) is 3.73. The van der Waals surface area contributed by atoms with Crippen LogP contribution < -0.4 is 0 Å². The van der Waals surface area contributed by atoms with E-state index in [1.807, 2.05) is 30.3 Å². The van der Waals surface area contributed by atoms with E-state index >= 15 is 0 Å². The van der Waals surface area contributed by atoms with Crippen molar-refractivity contribution < 1.29 is 14.5 Å². The van der Waals surface area contributed by atoms with Crippen LogP contribution in [0, 0.1) is 10.1 Å². The number of hydrogen-bond acceptors (Lipinski definition) is 4. The van der Waals surface area contributed by atoms with Gasteiger partial charge in [-0.15, -0.1) is 0 Å². The molecule has 6 nitrogen and oxygen atoms in total. The molecule has 22 heavy (non-hydrogen) atoms. The Bertz CT molecular complexity index is 539. The normalized spacial score (nSPS) is 22.2. The molecule has 1 aromatic carbocycles. The average molecular weight is 306 g/mol. The van der Waals surface area contributed by atoms with E-state index in [1.54, 1.807) is 20.8 Å². The highest BCUT2D eigenvalue weighted by molar-refractivity contribution is 5.68. The number of carbonyl (C=O) groups is 1. The summed E-state index contributed by atoms with van der Waals surface area (Å²) in [7, 11) is 0. The van der Waals surface area contributed by atoms with Gasteiger partial charge in [-0.25, -0.2) is 4.79 Å². The molecule has 0 aliphatic carbocycles. The van der Waals surface area contributed by atoms with Gasteiger partial charge in [0.05, 0.1) is 12.5 Å². The standard InChI is InChI=1S/C16H22N2O4/c1-16(2,3)22-15(19)17-10-9-13(14(11-17)18(20)21)12-7-5-4-6-8-12/h4-8,13-14H,9-11H2,1-3H3/t13-,14+/m0/s1. The molecular weight excluding hydrogens is 284 g/mol. The first-order chi connectivity index (χ1) is 10.3.